The van der Waals surface area contributed by atoms with Crippen LogP contribution in [0.3, 0.4) is 0 Å². The third kappa shape index (κ3) is 2.65. The summed E-state index contributed by atoms with van der Waals surface area (Å²) in [6.45, 7) is 6.38. The maximum absolute atomic E-state index is 13.5. The molecule has 0 aromatic heterocycles. The molecule has 1 aromatic rings. The summed E-state index contributed by atoms with van der Waals surface area (Å²) in [6, 6.07) is 6.81. The largest absolute Gasteiger partial charge is 0.352 e. The van der Waals surface area contributed by atoms with Crippen molar-refractivity contribution in [2.45, 2.75) is 51.5 Å². The Morgan fingerprint density at radius 3 is 2.79 bits per heavy atom. The summed E-state index contributed by atoms with van der Waals surface area (Å²) in [6.07, 6.45) is 2.23. The summed E-state index contributed by atoms with van der Waals surface area (Å²) < 4.78 is 13.5. The standard InChI is InChI=1S/C16H22FNO/c1-4-16(12-6-5-7-13(17)9-12)10-15(19)18-14(16)8-11(2)3/h5-7,9,11,14H,4,8,10H2,1-3H3,(H,18,19). The van der Waals surface area contributed by atoms with Gasteiger partial charge >= 0.3 is 0 Å². The maximum Gasteiger partial charge on any atom is 0.221 e. The molecule has 1 heterocycles. The number of hydrogen-bond donors (Lipinski definition) is 1. The number of carbonyl (C=O) groups excluding carboxylic acids is 1. The predicted molar refractivity (Wildman–Crippen MR) is 74.4 cm³/mol. The normalized spacial score (nSPS) is 26.8. The Labute approximate surface area is 114 Å². The van der Waals surface area contributed by atoms with E-state index in [9.17, 15) is 9.18 Å². The monoisotopic (exact) mass is 263 g/mol. The SMILES string of the molecule is CCC1(c2cccc(F)c2)CC(=O)NC1CC(C)C. The van der Waals surface area contributed by atoms with Gasteiger partial charge in [-0.05, 0) is 36.5 Å². The third-order valence-electron chi connectivity index (χ3n) is 4.22. The molecule has 0 spiro atoms. The fraction of sp³-hybridized carbons (Fsp3) is 0.562. The van der Waals surface area contributed by atoms with Gasteiger partial charge < -0.3 is 5.32 Å². The molecule has 19 heavy (non-hydrogen) atoms. The second-order valence-electron chi connectivity index (χ2n) is 5.95. The van der Waals surface area contributed by atoms with Gasteiger partial charge in [0.25, 0.3) is 0 Å². The number of halogens is 1. The molecule has 1 aromatic carbocycles. The van der Waals surface area contributed by atoms with Gasteiger partial charge in [-0.25, -0.2) is 4.39 Å². The molecule has 1 saturated heterocycles. The molecule has 104 valence electrons. The molecule has 1 fully saturated rings. The number of carbonyl (C=O) groups is 1. The number of benzene rings is 1. The van der Waals surface area contributed by atoms with E-state index in [1.54, 1.807) is 12.1 Å². The zero-order chi connectivity index (χ0) is 14.0. The first-order chi connectivity index (χ1) is 8.98. The topological polar surface area (TPSA) is 29.1 Å². The van der Waals surface area contributed by atoms with E-state index in [-0.39, 0.29) is 23.2 Å². The van der Waals surface area contributed by atoms with Crippen molar-refractivity contribution in [2.24, 2.45) is 5.92 Å². The molecule has 3 heteroatoms. The van der Waals surface area contributed by atoms with Crippen LogP contribution in [0.4, 0.5) is 4.39 Å². The van der Waals surface area contributed by atoms with Crippen LogP contribution in [0.25, 0.3) is 0 Å². The summed E-state index contributed by atoms with van der Waals surface area (Å²) in [5.41, 5.74) is 0.683. The van der Waals surface area contributed by atoms with E-state index in [2.05, 4.69) is 26.1 Å². The van der Waals surface area contributed by atoms with E-state index in [0.29, 0.717) is 12.3 Å². The van der Waals surface area contributed by atoms with E-state index >= 15 is 0 Å². The first kappa shape index (κ1) is 14.0. The average Bonchev–Trinajstić information content (AvgIpc) is 2.65. The Morgan fingerprint density at radius 2 is 2.21 bits per heavy atom. The molecule has 2 atom stereocenters. The van der Waals surface area contributed by atoms with Crippen LogP contribution in [-0.4, -0.2) is 11.9 Å². The van der Waals surface area contributed by atoms with Gasteiger partial charge in [-0.3, -0.25) is 4.79 Å². The zero-order valence-corrected chi connectivity index (χ0v) is 11.9. The van der Waals surface area contributed by atoms with Crippen LogP contribution < -0.4 is 5.32 Å². The van der Waals surface area contributed by atoms with Crippen LogP contribution in [0.2, 0.25) is 0 Å². The molecule has 0 radical (unpaired) electrons. The van der Waals surface area contributed by atoms with Crippen LogP contribution in [0.5, 0.6) is 0 Å². The Bertz CT molecular complexity index is 472. The van der Waals surface area contributed by atoms with Gasteiger partial charge in [0, 0.05) is 17.9 Å². The van der Waals surface area contributed by atoms with Gasteiger partial charge in [0.05, 0.1) is 0 Å². The molecule has 1 amide bonds. The highest BCUT2D eigenvalue weighted by molar-refractivity contribution is 5.81. The van der Waals surface area contributed by atoms with E-state index < -0.39 is 0 Å². The first-order valence-electron chi connectivity index (χ1n) is 7.03. The highest BCUT2D eigenvalue weighted by Gasteiger charge is 2.46. The van der Waals surface area contributed by atoms with Crippen LogP contribution in [0.1, 0.15) is 45.6 Å². The molecular formula is C16H22FNO. The second kappa shape index (κ2) is 5.32. The predicted octanol–water partition coefficient (Wildman–Crippen LogP) is 3.41. The van der Waals surface area contributed by atoms with E-state index in [0.717, 1.165) is 18.4 Å². The Balaban J connectivity index is 2.41. The van der Waals surface area contributed by atoms with E-state index in [1.165, 1.54) is 6.07 Å². The minimum absolute atomic E-state index is 0.0803. The molecule has 1 aliphatic rings. The molecule has 2 unspecified atom stereocenters. The fourth-order valence-corrected chi connectivity index (χ4v) is 3.23. The quantitative estimate of drug-likeness (QED) is 0.886. The van der Waals surface area contributed by atoms with Gasteiger partial charge in [0.2, 0.25) is 5.91 Å². The van der Waals surface area contributed by atoms with Gasteiger partial charge in [0.1, 0.15) is 5.82 Å². The lowest BCUT2D eigenvalue weighted by atomic mass is 9.70. The fourth-order valence-electron chi connectivity index (χ4n) is 3.23. The third-order valence-corrected chi connectivity index (χ3v) is 4.22. The Morgan fingerprint density at radius 1 is 1.47 bits per heavy atom. The minimum Gasteiger partial charge on any atom is -0.352 e. The van der Waals surface area contributed by atoms with Crippen LogP contribution in [-0.2, 0) is 10.2 Å². The number of amides is 1. The molecule has 0 aliphatic carbocycles. The zero-order valence-electron chi connectivity index (χ0n) is 11.9. The molecule has 0 saturated carbocycles. The van der Waals surface area contributed by atoms with Gasteiger partial charge in [-0.2, -0.15) is 0 Å². The lowest BCUT2D eigenvalue weighted by molar-refractivity contribution is -0.119. The first-order valence-corrected chi connectivity index (χ1v) is 7.03. The highest BCUT2D eigenvalue weighted by Crippen LogP contribution is 2.41. The second-order valence-corrected chi connectivity index (χ2v) is 5.95. The summed E-state index contributed by atoms with van der Waals surface area (Å²) in [7, 11) is 0. The smallest absolute Gasteiger partial charge is 0.221 e. The van der Waals surface area contributed by atoms with Gasteiger partial charge in [0.15, 0.2) is 0 Å². The molecule has 1 aliphatic heterocycles. The molecule has 0 bridgehead atoms. The highest BCUT2D eigenvalue weighted by atomic mass is 19.1. The molecule has 1 N–H and O–H groups in total. The van der Waals surface area contributed by atoms with Crippen LogP contribution in [0.15, 0.2) is 24.3 Å². The van der Waals surface area contributed by atoms with Crippen molar-refractivity contribution in [3.63, 3.8) is 0 Å². The Hall–Kier alpha value is -1.38. The van der Waals surface area contributed by atoms with E-state index in [1.807, 2.05) is 6.07 Å². The van der Waals surface area contributed by atoms with Crippen molar-refractivity contribution in [2.75, 3.05) is 0 Å². The molecule has 2 rings (SSSR count). The summed E-state index contributed by atoms with van der Waals surface area (Å²) in [4.78, 5) is 11.9. The number of nitrogens with one attached hydrogen (secondary N) is 1. The van der Waals surface area contributed by atoms with Crippen LogP contribution in [0, 0.1) is 11.7 Å². The van der Waals surface area contributed by atoms with Gasteiger partial charge in [-0.1, -0.05) is 32.9 Å². The van der Waals surface area contributed by atoms with Crippen molar-refractivity contribution in [1.82, 2.24) is 5.32 Å². The minimum atomic E-state index is -0.260. The summed E-state index contributed by atoms with van der Waals surface area (Å²) in [5.74, 6) is 0.354. The van der Waals surface area contributed by atoms with Gasteiger partial charge in [-0.15, -0.1) is 0 Å². The van der Waals surface area contributed by atoms with E-state index in [4.69, 9.17) is 0 Å². The van der Waals surface area contributed by atoms with Crippen molar-refractivity contribution in [1.29, 1.82) is 0 Å². The molecule has 2 nitrogen and oxygen atoms in total. The Kier molecular flexibility index (Phi) is 3.93. The summed E-state index contributed by atoms with van der Waals surface area (Å²) >= 11 is 0. The molecular weight excluding hydrogens is 241 g/mol. The van der Waals surface area contributed by atoms with Crippen LogP contribution >= 0.6 is 0 Å². The lowest BCUT2D eigenvalue weighted by Gasteiger charge is -2.35. The summed E-state index contributed by atoms with van der Waals surface area (Å²) in [5, 5.41) is 3.08. The number of hydrogen-bond acceptors (Lipinski definition) is 1. The lowest BCUT2D eigenvalue weighted by Crippen LogP contribution is -2.41. The van der Waals surface area contributed by atoms with Crippen molar-refractivity contribution in [3.05, 3.63) is 35.6 Å². The average molecular weight is 263 g/mol. The van der Waals surface area contributed by atoms with Crippen molar-refractivity contribution in [3.8, 4) is 0 Å². The van der Waals surface area contributed by atoms with Crippen molar-refractivity contribution < 1.29 is 9.18 Å². The maximum atomic E-state index is 13.5. The number of rotatable bonds is 4. The van der Waals surface area contributed by atoms with Crippen molar-refractivity contribution >= 4 is 5.91 Å².